The van der Waals surface area contributed by atoms with Crippen LogP contribution in [0.15, 0.2) is 46.9 Å². The molecule has 2 aromatic rings. The Morgan fingerprint density at radius 3 is 2.33 bits per heavy atom. The summed E-state index contributed by atoms with van der Waals surface area (Å²) in [6.07, 6.45) is 0. The van der Waals surface area contributed by atoms with Gasteiger partial charge in [0.1, 0.15) is 5.75 Å². The molecule has 0 radical (unpaired) electrons. The summed E-state index contributed by atoms with van der Waals surface area (Å²) >= 11 is 15.0. The SMILES string of the molecule is O=C(Oc1ccc(Br)cc1)c1ccc(Cl)cc1Cl. The fraction of sp³-hybridized carbons (Fsp3) is 0. The van der Waals surface area contributed by atoms with Gasteiger partial charge in [-0.2, -0.15) is 0 Å². The molecule has 0 aliphatic rings. The minimum Gasteiger partial charge on any atom is -0.423 e. The lowest BCUT2D eigenvalue weighted by atomic mass is 10.2. The van der Waals surface area contributed by atoms with Crippen LogP contribution in [0.3, 0.4) is 0 Å². The number of carbonyl (C=O) groups is 1. The molecule has 2 aromatic carbocycles. The first-order valence-corrected chi connectivity index (χ1v) is 6.54. The zero-order chi connectivity index (χ0) is 13.1. The normalized spacial score (nSPS) is 10.2. The van der Waals surface area contributed by atoms with Crippen molar-refractivity contribution in [3.63, 3.8) is 0 Å². The zero-order valence-electron chi connectivity index (χ0n) is 8.99. The van der Waals surface area contributed by atoms with Crippen molar-refractivity contribution in [1.29, 1.82) is 0 Å². The molecule has 0 spiro atoms. The predicted molar refractivity (Wildman–Crippen MR) is 75.6 cm³/mol. The van der Waals surface area contributed by atoms with Gasteiger partial charge in [-0.05, 0) is 42.5 Å². The van der Waals surface area contributed by atoms with Gasteiger partial charge in [-0.25, -0.2) is 4.79 Å². The van der Waals surface area contributed by atoms with E-state index in [0.717, 1.165) is 4.47 Å². The van der Waals surface area contributed by atoms with Crippen molar-refractivity contribution in [2.45, 2.75) is 0 Å². The molecule has 18 heavy (non-hydrogen) atoms. The lowest BCUT2D eigenvalue weighted by Crippen LogP contribution is -2.08. The largest absolute Gasteiger partial charge is 0.423 e. The van der Waals surface area contributed by atoms with Gasteiger partial charge in [0.2, 0.25) is 0 Å². The highest BCUT2D eigenvalue weighted by atomic mass is 79.9. The molecule has 0 unspecified atom stereocenters. The van der Waals surface area contributed by atoms with E-state index in [1.165, 1.54) is 12.1 Å². The second kappa shape index (κ2) is 5.74. The van der Waals surface area contributed by atoms with Crippen molar-refractivity contribution >= 4 is 45.1 Å². The standard InChI is InChI=1S/C13H7BrCl2O2/c14-8-1-4-10(5-2-8)18-13(17)11-6-3-9(15)7-12(11)16/h1-7H. The van der Waals surface area contributed by atoms with Crippen molar-refractivity contribution < 1.29 is 9.53 Å². The van der Waals surface area contributed by atoms with Crippen molar-refractivity contribution in [3.05, 3.63) is 62.5 Å². The molecule has 0 aliphatic heterocycles. The molecule has 2 nitrogen and oxygen atoms in total. The number of halogens is 3. The molecule has 0 N–H and O–H groups in total. The van der Waals surface area contributed by atoms with Crippen LogP contribution in [-0.2, 0) is 0 Å². The number of hydrogen-bond acceptors (Lipinski definition) is 2. The van der Waals surface area contributed by atoms with Crippen LogP contribution in [0.1, 0.15) is 10.4 Å². The first-order chi connectivity index (χ1) is 8.56. The van der Waals surface area contributed by atoms with Gasteiger partial charge in [0.15, 0.2) is 0 Å². The van der Waals surface area contributed by atoms with Crippen LogP contribution in [-0.4, -0.2) is 5.97 Å². The van der Waals surface area contributed by atoms with Crippen LogP contribution in [0, 0.1) is 0 Å². The summed E-state index contributed by atoms with van der Waals surface area (Å²) in [5.41, 5.74) is 0.281. The maximum absolute atomic E-state index is 11.9. The Morgan fingerprint density at radius 2 is 1.72 bits per heavy atom. The maximum atomic E-state index is 11.9. The summed E-state index contributed by atoms with van der Waals surface area (Å²) in [6.45, 7) is 0. The van der Waals surface area contributed by atoms with Gasteiger partial charge in [-0.3, -0.25) is 0 Å². The first kappa shape index (κ1) is 13.4. The first-order valence-electron chi connectivity index (χ1n) is 4.99. The average Bonchev–Trinajstić information content (AvgIpc) is 2.32. The molecule has 0 atom stereocenters. The molecule has 5 heteroatoms. The molecule has 0 saturated carbocycles. The third-order valence-corrected chi connectivity index (χ3v) is 3.25. The molecular formula is C13H7BrCl2O2. The van der Waals surface area contributed by atoms with Crippen LogP contribution in [0.5, 0.6) is 5.75 Å². The van der Waals surface area contributed by atoms with Gasteiger partial charge >= 0.3 is 5.97 Å². The van der Waals surface area contributed by atoms with Crippen LogP contribution >= 0.6 is 39.1 Å². The summed E-state index contributed by atoms with van der Waals surface area (Å²) < 4.78 is 6.10. The molecular weight excluding hydrogens is 339 g/mol. The van der Waals surface area contributed by atoms with Gasteiger partial charge in [-0.15, -0.1) is 0 Å². The van der Waals surface area contributed by atoms with E-state index in [-0.39, 0.29) is 10.6 Å². The van der Waals surface area contributed by atoms with E-state index < -0.39 is 5.97 Å². The van der Waals surface area contributed by atoms with E-state index in [1.54, 1.807) is 30.3 Å². The minimum absolute atomic E-state index is 0.268. The highest BCUT2D eigenvalue weighted by molar-refractivity contribution is 9.10. The Balaban J connectivity index is 2.19. The quantitative estimate of drug-likeness (QED) is 0.567. The van der Waals surface area contributed by atoms with Crippen molar-refractivity contribution in [1.82, 2.24) is 0 Å². The monoisotopic (exact) mass is 344 g/mol. The lowest BCUT2D eigenvalue weighted by molar-refractivity contribution is 0.0735. The molecule has 0 aromatic heterocycles. The maximum Gasteiger partial charge on any atom is 0.345 e. The van der Waals surface area contributed by atoms with E-state index in [0.29, 0.717) is 10.8 Å². The van der Waals surface area contributed by atoms with Gasteiger partial charge in [-0.1, -0.05) is 39.1 Å². The molecule has 2 rings (SSSR count). The molecule has 0 amide bonds. The summed E-state index contributed by atoms with van der Waals surface area (Å²) in [5, 5.41) is 0.741. The van der Waals surface area contributed by atoms with Gasteiger partial charge in [0.25, 0.3) is 0 Å². The van der Waals surface area contributed by atoms with Crippen molar-refractivity contribution in [2.24, 2.45) is 0 Å². The number of carbonyl (C=O) groups excluding carboxylic acids is 1. The van der Waals surface area contributed by atoms with Crippen molar-refractivity contribution in [2.75, 3.05) is 0 Å². The molecule has 0 heterocycles. The van der Waals surface area contributed by atoms with Crippen LogP contribution in [0.4, 0.5) is 0 Å². The Labute approximate surface area is 123 Å². The molecule has 0 aliphatic carbocycles. The minimum atomic E-state index is -0.515. The summed E-state index contributed by atoms with van der Waals surface area (Å²) in [4.78, 5) is 11.9. The molecule has 0 saturated heterocycles. The second-order valence-electron chi connectivity index (χ2n) is 3.47. The highest BCUT2D eigenvalue weighted by Gasteiger charge is 2.13. The number of hydrogen-bond donors (Lipinski definition) is 0. The van der Waals surface area contributed by atoms with Crippen LogP contribution < -0.4 is 4.74 Å². The Hall–Kier alpha value is -1.03. The van der Waals surface area contributed by atoms with E-state index in [1.807, 2.05) is 0 Å². The number of rotatable bonds is 2. The fourth-order valence-corrected chi connectivity index (χ4v) is 2.07. The van der Waals surface area contributed by atoms with Gasteiger partial charge in [0.05, 0.1) is 10.6 Å². The van der Waals surface area contributed by atoms with Crippen molar-refractivity contribution in [3.8, 4) is 5.75 Å². The van der Waals surface area contributed by atoms with E-state index in [2.05, 4.69) is 15.9 Å². The van der Waals surface area contributed by atoms with Gasteiger partial charge < -0.3 is 4.74 Å². The fourth-order valence-electron chi connectivity index (χ4n) is 1.32. The smallest absolute Gasteiger partial charge is 0.345 e. The summed E-state index contributed by atoms with van der Waals surface area (Å²) in [7, 11) is 0. The average molecular weight is 346 g/mol. The van der Waals surface area contributed by atoms with Crippen LogP contribution in [0.25, 0.3) is 0 Å². The van der Waals surface area contributed by atoms with E-state index >= 15 is 0 Å². The summed E-state index contributed by atoms with van der Waals surface area (Å²) in [5.74, 6) is -0.0618. The number of ether oxygens (including phenoxy) is 1. The third-order valence-electron chi connectivity index (χ3n) is 2.18. The molecule has 92 valence electrons. The van der Waals surface area contributed by atoms with E-state index in [9.17, 15) is 4.79 Å². The van der Waals surface area contributed by atoms with Crippen LogP contribution in [0.2, 0.25) is 10.0 Å². The molecule has 0 fully saturated rings. The Bertz CT molecular complexity index is 582. The summed E-state index contributed by atoms with van der Waals surface area (Å²) in [6, 6.07) is 11.6. The highest BCUT2D eigenvalue weighted by Crippen LogP contribution is 2.23. The Kier molecular flexibility index (Phi) is 4.27. The third kappa shape index (κ3) is 3.25. The second-order valence-corrected chi connectivity index (χ2v) is 5.23. The van der Waals surface area contributed by atoms with Gasteiger partial charge in [0, 0.05) is 9.50 Å². The number of esters is 1. The number of benzene rings is 2. The van der Waals surface area contributed by atoms with E-state index in [4.69, 9.17) is 27.9 Å². The lowest BCUT2D eigenvalue weighted by Gasteiger charge is -2.06. The topological polar surface area (TPSA) is 26.3 Å². The predicted octanol–water partition coefficient (Wildman–Crippen LogP) is 4.98. The zero-order valence-corrected chi connectivity index (χ0v) is 12.1. The molecule has 0 bridgehead atoms. The Morgan fingerprint density at radius 1 is 1.06 bits per heavy atom.